The Hall–Kier alpha value is -1.13. The van der Waals surface area contributed by atoms with Crippen LogP contribution in [0.5, 0.6) is 0 Å². The Labute approximate surface area is 120 Å². The van der Waals surface area contributed by atoms with Crippen molar-refractivity contribution in [1.29, 1.82) is 0 Å². The highest BCUT2D eigenvalue weighted by Gasteiger charge is 2.37. The average molecular weight is 385 g/mol. The molecule has 0 saturated carbocycles. The lowest BCUT2D eigenvalue weighted by Gasteiger charge is -2.04. The van der Waals surface area contributed by atoms with Gasteiger partial charge in [-0.3, -0.25) is 4.68 Å². The van der Waals surface area contributed by atoms with Gasteiger partial charge in [0.25, 0.3) is 0 Å². The van der Waals surface area contributed by atoms with Crippen LogP contribution in [0.2, 0.25) is 0 Å². The lowest BCUT2D eigenvalue weighted by Crippen LogP contribution is -2.10. The minimum Gasteiger partial charge on any atom is -0.272 e. The van der Waals surface area contributed by atoms with Crippen molar-refractivity contribution in [3.05, 3.63) is 26.8 Å². The fourth-order valence-corrected chi connectivity index (χ4v) is 2.32. The highest BCUT2D eigenvalue weighted by Crippen LogP contribution is 2.31. The molecule has 0 fully saturated rings. The molecule has 0 aromatic carbocycles. The molecular formula is C10H11F3IN5. The predicted molar refractivity (Wildman–Crippen MR) is 69.4 cm³/mol. The third-order valence-corrected chi connectivity index (χ3v) is 3.36. The Bertz CT molecular complexity index is 586. The summed E-state index contributed by atoms with van der Waals surface area (Å²) in [5.74, 6) is 0. The largest absolute Gasteiger partial charge is 0.435 e. The van der Waals surface area contributed by atoms with Gasteiger partial charge in [-0.25, -0.2) is 0 Å². The molecule has 0 spiro atoms. The summed E-state index contributed by atoms with van der Waals surface area (Å²) in [4.78, 5) is 1.34. The first-order valence-corrected chi connectivity index (χ1v) is 6.58. The minimum absolute atomic E-state index is 0.0704. The number of nitrogens with zero attached hydrogens (tertiary/aromatic N) is 5. The molecule has 0 unspecified atom stereocenters. The van der Waals surface area contributed by atoms with Gasteiger partial charge in [0, 0.05) is 31.8 Å². The van der Waals surface area contributed by atoms with Crippen molar-refractivity contribution >= 4 is 22.6 Å². The third kappa shape index (κ3) is 3.07. The van der Waals surface area contributed by atoms with Crippen LogP contribution < -0.4 is 0 Å². The van der Waals surface area contributed by atoms with Gasteiger partial charge in [-0.2, -0.15) is 28.2 Å². The number of hydrogen-bond donors (Lipinski definition) is 0. The Balaban J connectivity index is 2.39. The first-order chi connectivity index (χ1) is 8.81. The molecule has 2 heterocycles. The highest BCUT2D eigenvalue weighted by molar-refractivity contribution is 14.1. The molecule has 0 N–H and O–H groups in total. The molecule has 19 heavy (non-hydrogen) atoms. The Kier molecular flexibility index (Phi) is 3.83. The molecule has 5 nitrogen and oxygen atoms in total. The van der Waals surface area contributed by atoms with Gasteiger partial charge in [-0.15, -0.1) is 5.10 Å². The maximum Gasteiger partial charge on any atom is 0.435 e. The Morgan fingerprint density at radius 1 is 1.26 bits per heavy atom. The van der Waals surface area contributed by atoms with Crippen LogP contribution in [0.4, 0.5) is 13.2 Å². The number of aryl methyl sites for hydroxylation is 2. The Morgan fingerprint density at radius 3 is 2.42 bits per heavy atom. The summed E-state index contributed by atoms with van der Waals surface area (Å²) in [5, 5.41) is 11.6. The molecule has 0 aliphatic rings. The van der Waals surface area contributed by atoms with Crippen molar-refractivity contribution in [3.8, 4) is 0 Å². The second-order valence-electron chi connectivity index (χ2n) is 3.96. The molecule has 0 aliphatic heterocycles. The summed E-state index contributed by atoms with van der Waals surface area (Å²) in [5.41, 5.74) is -0.215. The first kappa shape index (κ1) is 14.3. The lowest BCUT2D eigenvalue weighted by atomic mass is 10.1. The molecule has 0 bridgehead atoms. The summed E-state index contributed by atoms with van der Waals surface area (Å²) in [6.45, 7) is 2.13. The summed E-state index contributed by atoms with van der Waals surface area (Å²) < 4.78 is 40.5. The molecule has 2 rings (SSSR count). The third-order valence-electron chi connectivity index (χ3n) is 2.52. The van der Waals surface area contributed by atoms with Crippen LogP contribution in [0.1, 0.15) is 23.9 Å². The second-order valence-corrected chi connectivity index (χ2v) is 4.98. The topological polar surface area (TPSA) is 48.5 Å². The van der Waals surface area contributed by atoms with E-state index in [9.17, 15) is 13.2 Å². The van der Waals surface area contributed by atoms with Crippen molar-refractivity contribution in [1.82, 2.24) is 24.8 Å². The first-order valence-electron chi connectivity index (χ1n) is 5.50. The van der Waals surface area contributed by atoms with Crippen LogP contribution in [0.25, 0.3) is 0 Å². The van der Waals surface area contributed by atoms with E-state index < -0.39 is 11.9 Å². The van der Waals surface area contributed by atoms with Crippen LogP contribution in [-0.2, 0) is 26.2 Å². The SMILES string of the molecule is CCn1cc(Cc2nn(C)nc2I)c(C(F)(F)F)n1. The second kappa shape index (κ2) is 5.10. The van der Waals surface area contributed by atoms with Crippen molar-refractivity contribution in [2.45, 2.75) is 26.1 Å². The summed E-state index contributed by atoms with van der Waals surface area (Å²) in [6.07, 6.45) is -2.97. The van der Waals surface area contributed by atoms with E-state index in [1.54, 1.807) is 14.0 Å². The van der Waals surface area contributed by atoms with E-state index in [0.29, 0.717) is 15.9 Å². The Morgan fingerprint density at radius 2 is 1.95 bits per heavy atom. The minimum atomic E-state index is -4.45. The average Bonchev–Trinajstić information content (AvgIpc) is 2.83. The maximum atomic E-state index is 12.9. The van der Waals surface area contributed by atoms with E-state index in [1.807, 2.05) is 22.6 Å². The summed E-state index contributed by atoms with van der Waals surface area (Å²) >= 11 is 1.95. The maximum absolute atomic E-state index is 12.9. The molecule has 2 aromatic rings. The van der Waals surface area contributed by atoms with Crippen molar-refractivity contribution in [2.24, 2.45) is 7.05 Å². The van der Waals surface area contributed by atoms with Crippen LogP contribution in [0.15, 0.2) is 6.20 Å². The fraction of sp³-hybridized carbons (Fsp3) is 0.500. The number of rotatable bonds is 3. The number of alkyl halides is 3. The van der Waals surface area contributed by atoms with E-state index in [4.69, 9.17) is 0 Å². The molecule has 0 amide bonds. The summed E-state index contributed by atoms with van der Waals surface area (Å²) in [7, 11) is 1.63. The van der Waals surface area contributed by atoms with E-state index in [2.05, 4.69) is 15.3 Å². The molecule has 0 saturated heterocycles. The van der Waals surface area contributed by atoms with Gasteiger partial charge in [0.2, 0.25) is 0 Å². The van der Waals surface area contributed by atoms with E-state index in [-0.39, 0.29) is 12.0 Å². The van der Waals surface area contributed by atoms with Gasteiger partial charge in [-0.1, -0.05) is 0 Å². The van der Waals surface area contributed by atoms with Crippen LogP contribution >= 0.6 is 22.6 Å². The number of hydrogen-bond acceptors (Lipinski definition) is 3. The molecule has 0 aliphatic carbocycles. The molecule has 9 heteroatoms. The normalized spacial score (nSPS) is 12.1. The standard InChI is InChI=1S/C10H11F3IN5/c1-3-19-5-6(8(16-19)10(11,12)13)4-7-9(14)17-18(2)15-7/h5H,3-4H2,1-2H3. The quantitative estimate of drug-likeness (QED) is 0.762. The van der Waals surface area contributed by atoms with Crippen LogP contribution in [0, 0.1) is 3.70 Å². The van der Waals surface area contributed by atoms with E-state index in [1.165, 1.54) is 15.7 Å². The van der Waals surface area contributed by atoms with Crippen molar-refractivity contribution in [3.63, 3.8) is 0 Å². The van der Waals surface area contributed by atoms with Crippen LogP contribution in [0.3, 0.4) is 0 Å². The molecular weight excluding hydrogens is 374 g/mol. The zero-order valence-corrected chi connectivity index (χ0v) is 12.4. The van der Waals surface area contributed by atoms with Gasteiger partial charge in [-0.05, 0) is 29.5 Å². The zero-order chi connectivity index (χ0) is 14.2. The zero-order valence-electron chi connectivity index (χ0n) is 10.2. The van der Waals surface area contributed by atoms with Crippen molar-refractivity contribution in [2.75, 3.05) is 0 Å². The van der Waals surface area contributed by atoms with Gasteiger partial charge < -0.3 is 0 Å². The van der Waals surface area contributed by atoms with Gasteiger partial charge in [0.15, 0.2) is 5.69 Å². The van der Waals surface area contributed by atoms with Gasteiger partial charge in [0.1, 0.15) is 9.39 Å². The van der Waals surface area contributed by atoms with E-state index >= 15 is 0 Å². The lowest BCUT2D eigenvalue weighted by molar-refractivity contribution is -0.142. The number of aromatic nitrogens is 5. The number of halogens is 4. The monoisotopic (exact) mass is 385 g/mol. The molecule has 0 radical (unpaired) electrons. The van der Waals surface area contributed by atoms with E-state index in [0.717, 1.165) is 0 Å². The predicted octanol–water partition coefficient (Wildman–Crippen LogP) is 2.25. The van der Waals surface area contributed by atoms with Gasteiger partial charge >= 0.3 is 6.18 Å². The highest BCUT2D eigenvalue weighted by atomic mass is 127. The smallest absolute Gasteiger partial charge is 0.272 e. The van der Waals surface area contributed by atoms with Crippen molar-refractivity contribution < 1.29 is 13.2 Å². The summed E-state index contributed by atoms with van der Waals surface area (Å²) in [6, 6.07) is 0. The van der Waals surface area contributed by atoms with Crippen LogP contribution in [-0.4, -0.2) is 24.8 Å². The molecule has 2 aromatic heterocycles. The molecule has 104 valence electrons. The molecule has 0 atom stereocenters. The fourth-order valence-electron chi connectivity index (χ4n) is 1.70. The van der Waals surface area contributed by atoms with Gasteiger partial charge in [0.05, 0.1) is 0 Å².